The fraction of sp³-hybridized carbons (Fsp3) is 0.389. The molecule has 0 saturated heterocycles. The fourth-order valence-electron chi connectivity index (χ4n) is 2.57. The molecule has 0 spiro atoms. The van der Waals surface area contributed by atoms with Crippen molar-refractivity contribution in [2.75, 3.05) is 7.11 Å². The molecule has 2 nitrogen and oxygen atoms in total. The van der Waals surface area contributed by atoms with E-state index < -0.39 is 11.7 Å². The van der Waals surface area contributed by atoms with E-state index in [9.17, 15) is 18.0 Å². The first-order valence-electron chi connectivity index (χ1n) is 7.73. The highest BCUT2D eigenvalue weighted by atomic mass is 32.1. The Hall–Kier alpha value is -1.82. The van der Waals surface area contributed by atoms with Crippen LogP contribution in [0.1, 0.15) is 44.9 Å². The number of methoxy groups -OCH3 is 1. The third-order valence-electron chi connectivity index (χ3n) is 4.05. The summed E-state index contributed by atoms with van der Waals surface area (Å²) >= 11 is 1.31. The zero-order chi connectivity index (χ0) is 17.3. The topological polar surface area (TPSA) is 26.3 Å². The van der Waals surface area contributed by atoms with E-state index >= 15 is 0 Å². The van der Waals surface area contributed by atoms with Gasteiger partial charge in [0, 0.05) is 18.9 Å². The van der Waals surface area contributed by atoms with E-state index in [1.54, 1.807) is 12.1 Å². The minimum Gasteiger partial charge on any atom is -0.496 e. The number of hydrogen-bond acceptors (Lipinski definition) is 3. The van der Waals surface area contributed by atoms with Gasteiger partial charge in [0.15, 0.2) is 5.78 Å². The molecular weight excluding hydrogens is 337 g/mol. The van der Waals surface area contributed by atoms with Crippen molar-refractivity contribution in [2.45, 2.75) is 31.9 Å². The number of alkyl halides is 3. The second kappa shape index (κ2) is 6.59. The van der Waals surface area contributed by atoms with Gasteiger partial charge in [0.2, 0.25) is 0 Å². The third kappa shape index (κ3) is 3.98. The molecular formula is C18H17F3O2S. The number of hydrogen-bond donors (Lipinski definition) is 0. The molecule has 0 radical (unpaired) electrons. The zero-order valence-corrected chi connectivity index (χ0v) is 14.0. The van der Waals surface area contributed by atoms with Gasteiger partial charge in [-0.3, -0.25) is 4.79 Å². The quantitative estimate of drug-likeness (QED) is 0.654. The maximum Gasteiger partial charge on any atom is 0.416 e. The lowest BCUT2D eigenvalue weighted by atomic mass is 10.1. The standard InChI is InChI=1S/C18H17F3O2S/c1-23-15-10-16(14(22)8-11-5-6-11)24-17(15)9-12-3-2-4-13(7-12)18(19,20)21/h2-4,7,10-11H,5-6,8-9H2,1H3. The summed E-state index contributed by atoms with van der Waals surface area (Å²) in [5.41, 5.74) is -0.119. The number of rotatable bonds is 6. The molecule has 1 aromatic carbocycles. The summed E-state index contributed by atoms with van der Waals surface area (Å²) in [5.74, 6) is 1.16. The molecule has 0 atom stereocenters. The average Bonchev–Trinajstić information content (AvgIpc) is 3.24. The molecule has 0 bridgehead atoms. The van der Waals surface area contributed by atoms with Crippen molar-refractivity contribution in [3.63, 3.8) is 0 Å². The normalized spacial score (nSPS) is 14.7. The van der Waals surface area contributed by atoms with Crippen LogP contribution in [-0.4, -0.2) is 12.9 Å². The largest absolute Gasteiger partial charge is 0.496 e. The maximum atomic E-state index is 12.8. The molecule has 1 heterocycles. The van der Waals surface area contributed by atoms with Crippen molar-refractivity contribution < 1.29 is 22.7 Å². The average molecular weight is 354 g/mol. The molecule has 6 heteroatoms. The predicted octanol–water partition coefficient (Wildman–Crippen LogP) is 5.35. The number of ketones is 1. The van der Waals surface area contributed by atoms with E-state index in [1.165, 1.54) is 24.5 Å². The van der Waals surface area contributed by atoms with Crippen molar-refractivity contribution in [3.05, 3.63) is 51.2 Å². The van der Waals surface area contributed by atoms with Crippen LogP contribution >= 0.6 is 11.3 Å². The SMILES string of the molecule is COc1cc(C(=O)CC2CC2)sc1Cc1cccc(C(F)(F)F)c1. The molecule has 0 amide bonds. The van der Waals surface area contributed by atoms with Gasteiger partial charge in [-0.15, -0.1) is 11.3 Å². The molecule has 1 saturated carbocycles. The monoisotopic (exact) mass is 354 g/mol. The highest BCUT2D eigenvalue weighted by Gasteiger charge is 2.30. The summed E-state index contributed by atoms with van der Waals surface area (Å²) in [6.45, 7) is 0. The Morgan fingerprint density at radius 1 is 1.29 bits per heavy atom. The van der Waals surface area contributed by atoms with Crippen LogP contribution in [0.5, 0.6) is 5.75 Å². The number of Topliss-reactive ketones (excluding diaryl/α,β-unsaturated/α-hetero) is 1. The molecule has 1 aliphatic rings. The minimum absolute atomic E-state index is 0.0936. The van der Waals surface area contributed by atoms with Crippen LogP contribution in [0.15, 0.2) is 30.3 Å². The van der Waals surface area contributed by atoms with E-state index in [0.717, 1.165) is 29.9 Å². The number of halogens is 3. The van der Waals surface area contributed by atoms with Gasteiger partial charge >= 0.3 is 6.18 Å². The summed E-state index contributed by atoms with van der Waals surface area (Å²) in [7, 11) is 1.51. The maximum absolute atomic E-state index is 12.8. The van der Waals surface area contributed by atoms with Gasteiger partial charge in [-0.2, -0.15) is 13.2 Å². The minimum atomic E-state index is -4.36. The van der Waals surface area contributed by atoms with Gasteiger partial charge in [0.1, 0.15) is 5.75 Å². The van der Waals surface area contributed by atoms with Crippen molar-refractivity contribution in [3.8, 4) is 5.75 Å². The van der Waals surface area contributed by atoms with Crippen LogP contribution in [0.25, 0.3) is 0 Å². The van der Waals surface area contributed by atoms with Gasteiger partial charge < -0.3 is 4.74 Å². The number of ether oxygens (including phenoxy) is 1. The van der Waals surface area contributed by atoms with Crippen molar-refractivity contribution in [1.29, 1.82) is 0 Å². The highest BCUT2D eigenvalue weighted by molar-refractivity contribution is 7.14. The van der Waals surface area contributed by atoms with Crippen molar-refractivity contribution in [1.82, 2.24) is 0 Å². The summed E-state index contributed by atoms with van der Waals surface area (Å²) in [6, 6.07) is 6.96. The van der Waals surface area contributed by atoms with Crippen LogP contribution in [0.3, 0.4) is 0 Å². The molecule has 24 heavy (non-hydrogen) atoms. The number of thiophene rings is 1. The van der Waals surface area contributed by atoms with Gasteiger partial charge in [-0.1, -0.05) is 18.2 Å². The number of carbonyl (C=O) groups is 1. The van der Waals surface area contributed by atoms with Crippen LogP contribution in [0, 0.1) is 5.92 Å². The summed E-state index contributed by atoms with van der Waals surface area (Å²) in [4.78, 5) is 13.6. The van der Waals surface area contributed by atoms with Gasteiger partial charge in [0.05, 0.1) is 22.4 Å². The van der Waals surface area contributed by atoms with Crippen molar-refractivity contribution in [2.24, 2.45) is 5.92 Å². The van der Waals surface area contributed by atoms with Gasteiger partial charge in [-0.05, 0) is 30.4 Å². The predicted molar refractivity (Wildman–Crippen MR) is 86.8 cm³/mol. The molecule has 128 valence electrons. The molecule has 1 aliphatic carbocycles. The first-order valence-corrected chi connectivity index (χ1v) is 8.54. The molecule has 3 rings (SSSR count). The zero-order valence-electron chi connectivity index (χ0n) is 13.2. The second-order valence-corrected chi connectivity index (χ2v) is 7.18. The van der Waals surface area contributed by atoms with Gasteiger partial charge in [-0.25, -0.2) is 0 Å². The van der Waals surface area contributed by atoms with Crippen LogP contribution < -0.4 is 4.74 Å². The Balaban J connectivity index is 1.81. The van der Waals surface area contributed by atoms with Gasteiger partial charge in [0.25, 0.3) is 0 Å². The Morgan fingerprint density at radius 2 is 2.04 bits per heavy atom. The Morgan fingerprint density at radius 3 is 2.67 bits per heavy atom. The van der Waals surface area contributed by atoms with Crippen molar-refractivity contribution >= 4 is 17.1 Å². The number of carbonyl (C=O) groups excluding carboxylic acids is 1. The van der Waals surface area contributed by atoms with E-state index in [-0.39, 0.29) is 5.78 Å². The molecule has 0 N–H and O–H groups in total. The Bertz CT molecular complexity index is 745. The first-order chi connectivity index (χ1) is 11.4. The lowest BCUT2D eigenvalue weighted by Crippen LogP contribution is -2.05. The lowest BCUT2D eigenvalue weighted by Gasteiger charge is -2.08. The highest BCUT2D eigenvalue weighted by Crippen LogP contribution is 2.37. The second-order valence-electron chi connectivity index (χ2n) is 6.05. The Kier molecular flexibility index (Phi) is 4.67. The lowest BCUT2D eigenvalue weighted by molar-refractivity contribution is -0.137. The molecule has 1 fully saturated rings. The Labute approximate surface area is 142 Å². The summed E-state index contributed by atoms with van der Waals surface area (Å²) < 4.78 is 43.8. The van der Waals surface area contributed by atoms with E-state index in [2.05, 4.69) is 0 Å². The molecule has 0 aliphatic heterocycles. The van der Waals surface area contributed by atoms with Crippen LogP contribution in [-0.2, 0) is 12.6 Å². The van der Waals surface area contributed by atoms with Crippen LogP contribution in [0.2, 0.25) is 0 Å². The van der Waals surface area contributed by atoms with E-state index in [0.29, 0.717) is 34.9 Å². The molecule has 0 unspecified atom stereocenters. The summed E-state index contributed by atoms with van der Waals surface area (Å²) in [6.07, 6.45) is -1.29. The smallest absolute Gasteiger partial charge is 0.416 e. The first kappa shape index (κ1) is 17.0. The molecule has 1 aromatic heterocycles. The molecule has 2 aromatic rings. The number of benzene rings is 1. The third-order valence-corrected chi connectivity index (χ3v) is 5.21. The van der Waals surface area contributed by atoms with E-state index in [1.807, 2.05) is 0 Å². The summed E-state index contributed by atoms with van der Waals surface area (Å²) in [5, 5.41) is 0. The van der Waals surface area contributed by atoms with Crippen LogP contribution in [0.4, 0.5) is 13.2 Å². The van der Waals surface area contributed by atoms with E-state index in [4.69, 9.17) is 4.74 Å². The fourth-order valence-corrected chi connectivity index (χ4v) is 3.68.